The molecule has 0 saturated carbocycles. The topological polar surface area (TPSA) is 58.6 Å². The molecule has 29 heavy (non-hydrogen) atoms. The van der Waals surface area contributed by atoms with Crippen molar-refractivity contribution in [3.05, 3.63) is 63.1 Å². The zero-order valence-electron chi connectivity index (χ0n) is 17.7. The largest absolute Gasteiger partial charge is 0.484 e. The molecule has 6 heteroatoms. The van der Waals surface area contributed by atoms with Gasteiger partial charge in [-0.05, 0) is 69.0 Å². The Morgan fingerprint density at radius 2 is 1.72 bits per heavy atom. The number of ether oxygens (including phenoxy) is 1. The summed E-state index contributed by atoms with van der Waals surface area (Å²) in [5, 5.41) is 2.80. The summed E-state index contributed by atoms with van der Waals surface area (Å²) in [6, 6.07) is 11.1. The maximum Gasteiger partial charge on any atom is 0.261 e. The van der Waals surface area contributed by atoms with Crippen LogP contribution in [0.5, 0.6) is 5.75 Å². The van der Waals surface area contributed by atoms with Gasteiger partial charge in [-0.3, -0.25) is 9.59 Å². The SMILES string of the molecule is CCNC(=O)[C@@H](C)N(Cc1ccccc1C)C(=O)COc1cc(C)c(Br)c(C)c1. The Morgan fingerprint density at radius 1 is 1.10 bits per heavy atom. The van der Waals surface area contributed by atoms with Crippen LogP contribution in [-0.4, -0.2) is 35.9 Å². The molecule has 0 spiro atoms. The van der Waals surface area contributed by atoms with E-state index in [-0.39, 0.29) is 18.4 Å². The van der Waals surface area contributed by atoms with Crippen molar-refractivity contribution in [1.29, 1.82) is 0 Å². The maximum atomic E-state index is 13.0. The molecule has 2 rings (SSSR count). The molecular formula is C23H29BrN2O3. The summed E-state index contributed by atoms with van der Waals surface area (Å²) in [4.78, 5) is 27.0. The molecule has 0 saturated heterocycles. The van der Waals surface area contributed by atoms with Gasteiger partial charge in [-0.1, -0.05) is 40.2 Å². The number of halogens is 1. The zero-order valence-corrected chi connectivity index (χ0v) is 19.3. The van der Waals surface area contributed by atoms with Crippen molar-refractivity contribution >= 4 is 27.7 Å². The van der Waals surface area contributed by atoms with Gasteiger partial charge >= 0.3 is 0 Å². The first-order chi connectivity index (χ1) is 13.7. The quantitative estimate of drug-likeness (QED) is 0.638. The Balaban J connectivity index is 2.19. The van der Waals surface area contributed by atoms with Crippen molar-refractivity contribution in [3.8, 4) is 5.75 Å². The molecule has 2 aromatic carbocycles. The predicted octanol–water partition coefficient (Wildman–Crippen LogP) is 4.31. The smallest absolute Gasteiger partial charge is 0.261 e. The Hall–Kier alpha value is -2.34. The van der Waals surface area contributed by atoms with Crippen LogP contribution >= 0.6 is 15.9 Å². The maximum absolute atomic E-state index is 13.0. The average Bonchev–Trinajstić information content (AvgIpc) is 2.69. The predicted molar refractivity (Wildman–Crippen MR) is 119 cm³/mol. The third-order valence-electron chi connectivity index (χ3n) is 4.89. The number of nitrogens with one attached hydrogen (secondary N) is 1. The summed E-state index contributed by atoms with van der Waals surface area (Å²) in [5.41, 5.74) is 4.17. The van der Waals surface area contributed by atoms with Crippen molar-refractivity contribution < 1.29 is 14.3 Å². The summed E-state index contributed by atoms with van der Waals surface area (Å²) < 4.78 is 6.81. The van der Waals surface area contributed by atoms with Crippen LogP contribution in [0.4, 0.5) is 0 Å². The molecule has 2 amide bonds. The van der Waals surface area contributed by atoms with Gasteiger partial charge in [0, 0.05) is 17.6 Å². The summed E-state index contributed by atoms with van der Waals surface area (Å²) in [7, 11) is 0. The second kappa shape index (κ2) is 10.4. The summed E-state index contributed by atoms with van der Waals surface area (Å²) in [5.74, 6) is 0.230. The lowest BCUT2D eigenvalue weighted by molar-refractivity contribution is -0.142. The number of hydrogen-bond acceptors (Lipinski definition) is 3. The molecular weight excluding hydrogens is 432 g/mol. The van der Waals surface area contributed by atoms with Crippen LogP contribution in [0.3, 0.4) is 0 Å². The fourth-order valence-electron chi connectivity index (χ4n) is 3.09. The summed E-state index contributed by atoms with van der Waals surface area (Å²) >= 11 is 3.53. The molecule has 2 aromatic rings. The second-order valence-electron chi connectivity index (χ2n) is 7.18. The fraction of sp³-hybridized carbons (Fsp3) is 0.391. The van der Waals surface area contributed by atoms with E-state index in [1.54, 1.807) is 11.8 Å². The van der Waals surface area contributed by atoms with Gasteiger partial charge in [-0.25, -0.2) is 0 Å². The van der Waals surface area contributed by atoms with E-state index in [1.807, 2.05) is 64.1 Å². The van der Waals surface area contributed by atoms with E-state index in [0.29, 0.717) is 18.8 Å². The van der Waals surface area contributed by atoms with E-state index in [4.69, 9.17) is 4.74 Å². The standard InChI is InChI=1S/C23H29BrN2O3/c1-6-25-23(28)18(5)26(13-19-10-8-7-9-15(19)2)21(27)14-29-20-11-16(3)22(24)17(4)12-20/h7-12,18H,6,13-14H2,1-5H3,(H,25,28)/t18-/m1/s1. The van der Waals surface area contributed by atoms with Crippen LogP contribution in [0.15, 0.2) is 40.9 Å². The van der Waals surface area contributed by atoms with Crippen LogP contribution in [0, 0.1) is 20.8 Å². The minimum atomic E-state index is -0.598. The first-order valence-electron chi connectivity index (χ1n) is 9.75. The van der Waals surface area contributed by atoms with E-state index < -0.39 is 6.04 Å². The molecule has 156 valence electrons. The van der Waals surface area contributed by atoms with Gasteiger partial charge in [0.2, 0.25) is 5.91 Å². The van der Waals surface area contributed by atoms with Crippen LogP contribution in [-0.2, 0) is 16.1 Å². The number of carbonyl (C=O) groups excluding carboxylic acids is 2. The number of amides is 2. The molecule has 0 unspecified atom stereocenters. The van der Waals surface area contributed by atoms with E-state index in [9.17, 15) is 9.59 Å². The molecule has 0 aliphatic rings. The number of rotatable bonds is 8. The van der Waals surface area contributed by atoms with Gasteiger partial charge < -0.3 is 15.0 Å². The third kappa shape index (κ3) is 6.07. The van der Waals surface area contributed by atoms with Gasteiger partial charge in [-0.2, -0.15) is 0 Å². The molecule has 0 bridgehead atoms. The molecule has 1 atom stereocenters. The Morgan fingerprint density at radius 3 is 2.31 bits per heavy atom. The number of hydrogen-bond donors (Lipinski definition) is 1. The van der Waals surface area contributed by atoms with E-state index >= 15 is 0 Å². The third-order valence-corrected chi connectivity index (χ3v) is 6.14. The van der Waals surface area contributed by atoms with E-state index in [1.165, 1.54) is 0 Å². The fourth-order valence-corrected chi connectivity index (χ4v) is 3.32. The van der Waals surface area contributed by atoms with Gasteiger partial charge in [0.15, 0.2) is 6.61 Å². The number of nitrogens with zero attached hydrogens (tertiary/aromatic N) is 1. The number of aryl methyl sites for hydroxylation is 3. The van der Waals surface area contributed by atoms with Gasteiger partial charge in [-0.15, -0.1) is 0 Å². The number of benzene rings is 2. The molecule has 5 nitrogen and oxygen atoms in total. The first-order valence-corrected chi connectivity index (χ1v) is 10.5. The highest BCUT2D eigenvalue weighted by molar-refractivity contribution is 9.10. The normalized spacial score (nSPS) is 11.7. The molecule has 1 N–H and O–H groups in total. The van der Waals surface area contributed by atoms with E-state index in [0.717, 1.165) is 26.7 Å². The lowest BCUT2D eigenvalue weighted by Crippen LogP contribution is -2.49. The number of likely N-dealkylation sites (N-methyl/N-ethyl adjacent to an activating group) is 1. The van der Waals surface area contributed by atoms with Crippen molar-refractivity contribution in [1.82, 2.24) is 10.2 Å². The highest BCUT2D eigenvalue weighted by atomic mass is 79.9. The van der Waals surface area contributed by atoms with Crippen molar-refractivity contribution in [2.45, 2.75) is 47.2 Å². The highest BCUT2D eigenvalue weighted by Gasteiger charge is 2.26. The minimum absolute atomic E-state index is 0.129. The van der Waals surface area contributed by atoms with Crippen molar-refractivity contribution in [2.24, 2.45) is 0 Å². The lowest BCUT2D eigenvalue weighted by atomic mass is 10.1. The van der Waals surface area contributed by atoms with Crippen molar-refractivity contribution in [2.75, 3.05) is 13.2 Å². The van der Waals surface area contributed by atoms with Crippen LogP contribution in [0.25, 0.3) is 0 Å². The molecule has 0 heterocycles. The van der Waals surface area contributed by atoms with Gasteiger partial charge in [0.25, 0.3) is 5.91 Å². The van der Waals surface area contributed by atoms with Crippen LogP contribution in [0.2, 0.25) is 0 Å². The Bertz CT molecular complexity index is 859. The molecule has 0 radical (unpaired) electrons. The second-order valence-corrected chi connectivity index (χ2v) is 7.97. The van der Waals surface area contributed by atoms with E-state index in [2.05, 4.69) is 21.2 Å². The summed E-state index contributed by atoms with van der Waals surface area (Å²) in [6.45, 7) is 10.3. The molecule has 0 aliphatic carbocycles. The average molecular weight is 461 g/mol. The van der Waals surface area contributed by atoms with Crippen LogP contribution < -0.4 is 10.1 Å². The zero-order chi connectivity index (χ0) is 21.6. The van der Waals surface area contributed by atoms with Gasteiger partial charge in [0.1, 0.15) is 11.8 Å². The molecule has 0 aromatic heterocycles. The van der Waals surface area contributed by atoms with Crippen molar-refractivity contribution in [3.63, 3.8) is 0 Å². The Labute approximate surface area is 181 Å². The number of carbonyl (C=O) groups is 2. The highest BCUT2D eigenvalue weighted by Crippen LogP contribution is 2.26. The molecule has 0 fully saturated rings. The van der Waals surface area contributed by atoms with Crippen LogP contribution in [0.1, 0.15) is 36.1 Å². The molecule has 0 aliphatic heterocycles. The van der Waals surface area contributed by atoms with Gasteiger partial charge in [0.05, 0.1) is 0 Å². The monoisotopic (exact) mass is 460 g/mol. The lowest BCUT2D eigenvalue weighted by Gasteiger charge is -2.29. The first kappa shape index (κ1) is 22.9. The summed E-state index contributed by atoms with van der Waals surface area (Å²) in [6.07, 6.45) is 0. The minimum Gasteiger partial charge on any atom is -0.484 e. The Kier molecular flexibility index (Phi) is 8.26.